The van der Waals surface area contributed by atoms with Gasteiger partial charge in [-0.15, -0.1) is 13.2 Å². The van der Waals surface area contributed by atoms with E-state index in [1.54, 1.807) is 12.2 Å². The van der Waals surface area contributed by atoms with Gasteiger partial charge in [0, 0.05) is 45.0 Å². The molecule has 2 heteroatoms. The molecular weight excluding hydrogens is 1080 g/mol. The van der Waals surface area contributed by atoms with Gasteiger partial charge in [0.05, 0.1) is 0 Å². The van der Waals surface area contributed by atoms with Gasteiger partial charge in [0.1, 0.15) is 0 Å². The molecule has 14 aromatic rings. The lowest BCUT2D eigenvalue weighted by Gasteiger charge is -2.35. The number of hydrogen-bond acceptors (Lipinski definition) is 2. The van der Waals surface area contributed by atoms with E-state index in [4.69, 9.17) is 0 Å². The summed E-state index contributed by atoms with van der Waals surface area (Å²) in [6, 6.07) is 109. The smallest absolute Gasteiger partial charge is 0.0468 e. The van der Waals surface area contributed by atoms with Gasteiger partial charge < -0.3 is 9.80 Å². The van der Waals surface area contributed by atoms with E-state index in [1.165, 1.54) is 121 Å². The fourth-order valence-electron chi connectivity index (χ4n) is 14.4. The summed E-state index contributed by atoms with van der Waals surface area (Å²) in [5, 5.41) is 9.84. The van der Waals surface area contributed by atoms with Gasteiger partial charge in [-0.25, -0.2) is 0 Å². The summed E-state index contributed by atoms with van der Waals surface area (Å²) in [5.74, 6) is 0. The molecule has 16 rings (SSSR count). The Balaban J connectivity index is 0.00000114. The molecule has 0 saturated carbocycles. The molecule has 0 aliphatic heterocycles. The van der Waals surface area contributed by atoms with Crippen molar-refractivity contribution in [3.05, 3.63) is 339 Å². The first-order chi connectivity index (χ1) is 44.0. The van der Waals surface area contributed by atoms with Crippen molar-refractivity contribution < 1.29 is 0 Å². The van der Waals surface area contributed by atoms with E-state index in [0.717, 1.165) is 34.1 Å². The molecule has 0 atom stereocenters. The van der Waals surface area contributed by atoms with Crippen LogP contribution in [0.1, 0.15) is 63.8 Å². The van der Waals surface area contributed by atoms with Crippen LogP contribution in [0.15, 0.2) is 316 Å². The van der Waals surface area contributed by atoms with Crippen LogP contribution in [0, 0.1) is 0 Å². The first-order valence-electron chi connectivity index (χ1n) is 31.4. The second kappa shape index (κ2) is 23.4. The minimum Gasteiger partial charge on any atom is -0.310 e. The van der Waals surface area contributed by atoms with Gasteiger partial charge in [-0.2, -0.15) is 0 Å². The Morgan fingerprint density at radius 2 is 0.656 bits per heavy atom. The molecule has 0 amide bonds. The molecule has 2 aliphatic carbocycles. The van der Waals surface area contributed by atoms with Crippen LogP contribution in [0.4, 0.5) is 34.1 Å². The topological polar surface area (TPSA) is 6.48 Å². The average molecular weight is 1160 g/mol. The van der Waals surface area contributed by atoms with Gasteiger partial charge >= 0.3 is 0 Å². The third kappa shape index (κ3) is 9.77. The fourth-order valence-corrected chi connectivity index (χ4v) is 14.4. The minimum atomic E-state index is -0.274. The molecule has 0 N–H and O–H groups in total. The molecule has 434 valence electrons. The molecule has 0 spiro atoms. The van der Waals surface area contributed by atoms with Crippen molar-refractivity contribution in [3.8, 4) is 55.6 Å². The first kappa shape index (κ1) is 57.0. The molecule has 0 bridgehead atoms. The van der Waals surface area contributed by atoms with Crippen LogP contribution >= 0.6 is 0 Å². The van der Waals surface area contributed by atoms with Crippen molar-refractivity contribution in [2.24, 2.45) is 0 Å². The first-order valence-corrected chi connectivity index (χ1v) is 31.4. The van der Waals surface area contributed by atoms with Crippen LogP contribution in [0.2, 0.25) is 0 Å². The number of allylic oxidation sites excluding steroid dienone is 2. The van der Waals surface area contributed by atoms with E-state index in [-0.39, 0.29) is 10.8 Å². The lowest BCUT2D eigenvalue weighted by molar-refractivity contribution is 0.645. The van der Waals surface area contributed by atoms with Crippen molar-refractivity contribution >= 4 is 77.2 Å². The number of hydrogen-bond donors (Lipinski definition) is 0. The number of anilines is 6. The number of fused-ring (bicyclic) bond motifs is 8. The SMILES string of the molecule is C=CC.C=CC.CC1(C)c2ccccc2-c2ccc(N(c3ccc(-c4ccccc4)cc3)c3ccc4c(-c5ccc6ccccc6c5)c5cc(N(c6ccccc6)c6ccccc6)ccc5c(-c5ccc6c(c5)C(C)(C)c5cccc7cccc-6c57)c4c3)cc21. The summed E-state index contributed by atoms with van der Waals surface area (Å²) in [7, 11) is 0. The molecule has 14 aromatic carbocycles. The molecular formula is C88H72N2. The predicted molar refractivity (Wildman–Crippen MR) is 389 cm³/mol. The Morgan fingerprint density at radius 1 is 0.267 bits per heavy atom. The maximum Gasteiger partial charge on any atom is 0.0468 e. The van der Waals surface area contributed by atoms with E-state index >= 15 is 0 Å². The number of rotatable bonds is 9. The van der Waals surface area contributed by atoms with Crippen molar-refractivity contribution in [1.82, 2.24) is 0 Å². The number of benzene rings is 14. The van der Waals surface area contributed by atoms with Crippen molar-refractivity contribution in [2.45, 2.75) is 52.4 Å². The maximum absolute atomic E-state index is 3.36. The third-order valence-corrected chi connectivity index (χ3v) is 18.6. The predicted octanol–water partition coefficient (Wildman–Crippen LogP) is 25.2. The summed E-state index contributed by atoms with van der Waals surface area (Å²) in [5.41, 5.74) is 23.9. The highest BCUT2D eigenvalue weighted by atomic mass is 15.1. The molecule has 2 nitrogen and oxygen atoms in total. The van der Waals surface area contributed by atoms with E-state index in [2.05, 4.69) is 342 Å². The van der Waals surface area contributed by atoms with Crippen LogP contribution in [0.3, 0.4) is 0 Å². The Morgan fingerprint density at radius 3 is 1.30 bits per heavy atom. The molecule has 90 heavy (non-hydrogen) atoms. The molecule has 0 unspecified atom stereocenters. The van der Waals surface area contributed by atoms with Crippen LogP contribution < -0.4 is 9.80 Å². The molecule has 0 heterocycles. The van der Waals surface area contributed by atoms with Crippen molar-refractivity contribution in [3.63, 3.8) is 0 Å². The quantitative estimate of drug-likeness (QED) is 0.105. The van der Waals surface area contributed by atoms with Crippen LogP contribution in [-0.2, 0) is 10.8 Å². The largest absolute Gasteiger partial charge is 0.310 e. The monoisotopic (exact) mass is 1160 g/mol. The fraction of sp³-hybridized carbons (Fsp3) is 0.0909. The van der Waals surface area contributed by atoms with Crippen LogP contribution in [0.5, 0.6) is 0 Å². The highest BCUT2D eigenvalue weighted by Crippen LogP contribution is 2.55. The standard InChI is InChI=1S/C82H60N2.2C3H6/c1-81(2)74-32-17-16-30-66(74)67-45-41-65(52-77(67)81)84(62-39-36-55(37-40-62)53-20-8-5-9-21-53)64-43-47-70-73(51-64)79(59-38-44-68-69-31-18-24-56-25-19-33-75(80(56)69)82(3,4)76(68)49-59)71-46-42-63(83(60-26-10-6-11-27-60)61-28-12-7-13-29-61)50-72(71)78(70)58-35-34-54-22-14-15-23-57(54)48-58;2*1-3-2/h5-52H,1-4H3;2*3H,1H2,2H3. The summed E-state index contributed by atoms with van der Waals surface area (Å²) >= 11 is 0. The zero-order valence-corrected chi connectivity index (χ0v) is 52.2. The second-order valence-electron chi connectivity index (χ2n) is 24.8. The third-order valence-electron chi connectivity index (χ3n) is 18.6. The average Bonchev–Trinajstić information content (AvgIpc) is 0.835. The second-order valence-corrected chi connectivity index (χ2v) is 24.8. The van der Waals surface area contributed by atoms with E-state index < -0.39 is 0 Å². The zero-order chi connectivity index (χ0) is 61.7. The molecule has 0 saturated heterocycles. The lowest BCUT2D eigenvalue weighted by atomic mass is 9.68. The van der Waals surface area contributed by atoms with E-state index in [9.17, 15) is 0 Å². The van der Waals surface area contributed by atoms with Crippen molar-refractivity contribution in [1.29, 1.82) is 0 Å². The molecule has 2 aliphatic rings. The Kier molecular flexibility index (Phi) is 14.8. The summed E-state index contributed by atoms with van der Waals surface area (Å²) in [6.45, 7) is 20.1. The minimum absolute atomic E-state index is 0.184. The van der Waals surface area contributed by atoms with E-state index in [1.807, 2.05) is 13.8 Å². The number of para-hydroxylation sites is 2. The Hall–Kier alpha value is -10.8. The van der Waals surface area contributed by atoms with Gasteiger partial charge in [0.15, 0.2) is 0 Å². The number of nitrogens with zero attached hydrogens (tertiary/aromatic N) is 2. The highest BCUT2D eigenvalue weighted by Gasteiger charge is 2.37. The Labute approximate surface area is 530 Å². The summed E-state index contributed by atoms with van der Waals surface area (Å²) < 4.78 is 0. The maximum atomic E-state index is 3.36. The lowest BCUT2D eigenvalue weighted by Crippen LogP contribution is -2.23. The van der Waals surface area contributed by atoms with Gasteiger partial charge in [-0.1, -0.05) is 246 Å². The van der Waals surface area contributed by atoms with E-state index in [0.29, 0.717) is 0 Å². The van der Waals surface area contributed by atoms with Gasteiger partial charge in [0.25, 0.3) is 0 Å². The van der Waals surface area contributed by atoms with Gasteiger partial charge in [0.2, 0.25) is 0 Å². The highest BCUT2D eigenvalue weighted by molar-refractivity contribution is 6.23. The van der Waals surface area contributed by atoms with Crippen molar-refractivity contribution in [2.75, 3.05) is 9.80 Å². The molecule has 0 aromatic heterocycles. The molecule has 0 radical (unpaired) electrons. The Bertz CT molecular complexity index is 5000. The van der Waals surface area contributed by atoms with Crippen LogP contribution in [-0.4, -0.2) is 0 Å². The van der Waals surface area contributed by atoms with Gasteiger partial charge in [-0.05, 0) is 220 Å². The normalized spacial score (nSPS) is 12.8. The summed E-state index contributed by atoms with van der Waals surface area (Å²) in [4.78, 5) is 4.89. The molecule has 0 fully saturated rings. The van der Waals surface area contributed by atoms with Crippen LogP contribution in [0.25, 0.3) is 98.7 Å². The van der Waals surface area contributed by atoms with Gasteiger partial charge in [-0.3, -0.25) is 0 Å². The summed E-state index contributed by atoms with van der Waals surface area (Å²) in [6.07, 6.45) is 3.50. The zero-order valence-electron chi connectivity index (χ0n) is 52.2.